The first-order valence-corrected chi connectivity index (χ1v) is 6.12. The first-order valence-electron chi connectivity index (χ1n) is 5.30. The molecule has 0 saturated heterocycles. The van der Waals surface area contributed by atoms with Gasteiger partial charge in [-0.3, -0.25) is 4.98 Å². The van der Waals surface area contributed by atoms with E-state index in [1.165, 1.54) is 0 Å². The average Bonchev–Trinajstić information content (AvgIpc) is 2.81. The number of hydrogen-bond donors (Lipinski definition) is 0. The maximum absolute atomic E-state index is 11.4. The van der Waals surface area contributed by atoms with Crippen molar-refractivity contribution in [3.8, 4) is 10.9 Å². The fourth-order valence-electron chi connectivity index (χ4n) is 1.14. The molecular formula is C11H11N3O3S. The van der Waals surface area contributed by atoms with Crippen molar-refractivity contribution in [3.63, 3.8) is 0 Å². The molecule has 7 heteroatoms. The monoisotopic (exact) mass is 265 g/mol. The van der Waals surface area contributed by atoms with Gasteiger partial charge in [-0.2, -0.15) is 0 Å². The van der Waals surface area contributed by atoms with Gasteiger partial charge in [-0.05, 0) is 37.3 Å². The number of esters is 1. The van der Waals surface area contributed by atoms with Gasteiger partial charge < -0.3 is 9.47 Å². The molecule has 0 N–H and O–H groups in total. The quantitative estimate of drug-likeness (QED) is 0.789. The fraction of sp³-hybridized carbons (Fsp3) is 0.273. The summed E-state index contributed by atoms with van der Waals surface area (Å²) in [6.45, 7) is 3.92. The summed E-state index contributed by atoms with van der Waals surface area (Å²) >= 11 is 1.03. The second-order valence-corrected chi connectivity index (χ2v) is 4.27. The van der Waals surface area contributed by atoms with Crippen molar-refractivity contribution in [2.45, 2.75) is 13.8 Å². The number of nitrogens with zero attached hydrogens (tertiary/aromatic N) is 3. The summed E-state index contributed by atoms with van der Waals surface area (Å²) < 4.78 is 10.2. The molecule has 0 saturated carbocycles. The molecule has 0 spiro atoms. The Hall–Kier alpha value is -2.02. The molecule has 6 nitrogen and oxygen atoms in total. The van der Waals surface area contributed by atoms with Gasteiger partial charge in [0.1, 0.15) is 5.75 Å². The Bertz CT molecular complexity index is 539. The van der Waals surface area contributed by atoms with Gasteiger partial charge in [0.2, 0.25) is 5.01 Å². The van der Waals surface area contributed by atoms with Crippen LogP contribution in [0, 0.1) is 6.92 Å². The smallest absolute Gasteiger partial charge is 0.369 e. The highest BCUT2D eigenvalue weighted by Gasteiger charge is 2.14. The van der Waals surface area contributed by atoms with Crippen molar-refractivity contribution >= 4 is 17.3 Å². The Morgan fingerprint density at radius 2 is 2.22 bits per heavy atom. The summed E-state index contributed by atoms with van der Waals surface area (Å²) in [4.78, 5) is 15.5. The molecule has 0 bridgehead atoms. The predicted octanol–water partition coefficient (Wildman–Crippen LogP) is 2.21. The van der Waals surface area contributed by atoms with Gasteiger partial charge >= 0.3 is 5.97 Å². The van der Waals surface area contributed by atoms with E-state index in [0.717, 1.165) is 17.0 Å². The number of hydrogen-bond acceptors (Lipinski definition) is 7. The third-order valence-corrected chi connectivity index (χ3v) is 2.73. The third kappa shape index (κ3) is 3.01. The zero-order valence-corrected chi connectivity index (χ0v) is 10.7. The highest BCUT2D eigenvalue weighted by Crippen LogP contribution is 2.24. The van der Waals surface area contributed by atoms with Crippen molar-refractivity contribution in [1.29, 1.82) is 0 Å². The fourth-order valence-corrected chi connectivity index (χ4v) is 1.75. The summed E-state index contributed by atoms with van der Waals surface area (Å²) in [5.74, 6) is 0.0547. The first kappa shape index (κ1) is 12.4. The van der Waals surface area contributed by atoms with Crippen LogP contribution in [0.3, 0.4) is 0 Å². The average molecular weight is 265 g/mol. The van der Waals surface area contributed by atoms with E-state index in [4.69, 9.17) is 9.47 Å². The zero-order valence-electron chi connectivity index (χ0n) is 9.91. The molecule has 0 aliphatic rings. The summed E-state index contributed by atoms with van der Waals surface area (Å²) in [5, 5.41) is 7.91. The highest BCUT2D eigenvalue weighted by molar-refractivity contribution is 7.14. The number of carbonyl (C=O) groups is 1. The van der Waals surface area contributed by atoms with E-state index in [2.05, 4.69) is 15.2 Å². The Morgan fingerprint density at radius 1 is 1.39 bits per heavy atom. The van der Waals surface area contributed by atoms with Crippen LogP contribution < -0.4 is 4.74 Å². The Kier molecular flexibility index (Phi) is 3.83. The van der Waals surface area contributed by atoms with E-state index in [9.17, 15) is 4.79 Å². The molecule has 94 valence electrons. The van der Waals surface area contributed by atoms with Gasteiger partial charge in [0.15, 0.2) is 0 Å². The minimum atomic E-state index is -0.494. The van der Waals surface area contributed by atoms with Gasteiger partial charge in [-0.15, -0.1) is 5.10 Å². The van der Waals surface area contributed by atoms with Crippen LogP contribution in [0.2, 0.25) is 0 Å². The predicted molar refractivity (Wildman–Crippen MR) is 64.9 cm³/mol. The lowest BCUT2D eigenvalue weighted by atomic mass is 10.4. The van der Waals surface area contributed by atoms with Crippen molar-refractivity contribution in [2.75, 3.05) is 6.61 Å². The van der Waals surface area contributed by atoms with Crippen molar-refractivity contribution in [1.82, 2.24) is 15.2 Å². The van der Waals surface area contributed by atoms with Crippen molar-refractivity contribution in [3.05, 3.63) is 29.0 Å². The van der Waals surface area contributed by atoms with Crippen LogP contribution in [-0.2, 0) is 4.74 Å². The standard InChI is InChI=1S/C11H11N3O3S/c1-3-16-10(15)9-13-14-11(18-9)17-8-5-4-7(2)12-6-8/h4-6H,3H2,1-2H3. The number of aryl methyl sites for hydroxylation is 1. The second-order valence-electron chi connectivity index (χ2n) is 3.33. The van der Waals surface area contributed by atoms with E-state index in [0.29, 0.717) is 12.4 Å². The van der Waals surface area contributed by atoms with Crippen molar-refractivity contribution < 1.29 is 14.3 Å². The third-order valence-electron chi connectivity index (χ3n) is 1.95. The van der Waals surface area contributed by atoms with Gasteiger partial charge in [0.25, 0.3) is 5.19 Å². The molecule has 2 aromatic heterocycles. The minimum Gasteiger partial charge on any atom is -0.461 e. The van der Waals surface area contributed by atoms with Gasteiger partial charge in [-0.25, -0.2) is 4.79 Å². The highest BCUT2D eigenvalue weighted by atomic mass is 32.1. The molecule has 0 aliphatic heterocycles. The molecule has 18 heavy (non-hydrogen) atoms. The number of rotatable bonds is 4. The molecule has 2 aromatic rings. The van der Waals surface area contributed by atoms with Crippen LogP contribution >= 0.6 is 11.3 Å². The van der Waals surface area contributed by atoms with E-state index in [-0.39, 0.29) is 10.2 Å². The van der Waals surface area contributed by atoms with Crippen LogP contribution in [0.5, 0.6) is 10.9 Å². The topological polar surface area (TPSA) is 74.2 Å². The molecule has 2 heterocycles. The van der Waals surface area contributed by atoms with E-state index in [1.807, 2.05) is 13.0 Å². The number of pyridine rings is 1. The Labute approximate surface area is 108 Å². The lowest BCUT2D eigenvalue weighted by Gasteiger charge is -1.99. The van der Waals surface area contributed by atoms with Crippen molar-refractivity contribution in [2.24, 2.45) is 0 Å². The maximum Gasteiger partial charge on any atom is 0.369 e. The summed E-state index contributed by atoms with van der Waals surface area (Å²) in [6.07, 6.45) is 1.58. The van der Waals surface area contributed by atoms with Gasteiger partial charge in [-0.1, -0.05) is 5.10 Å². The molecular weight excluding hydrogens is 254 g/mol. The molecule has 0 atom stereocenters. The largest absolute Gasteiger partial charge is 0.461 e. The molecule has 2 rings (SSSR count). The normalized spacial score (nSPS) is 10.1. The number of aromatic nitrogens is 3. The van der Waals surface area contributed by atoms with Crippen LogP contribution in [0.4, 0.5) is 0 Å². The van der Waals surface area contributed by atoms with Gasteiger partial charge in [0.05, 0.1) is 12.8 Å². The first-order chi connectivity index (χ1) is 8.69. The SMILES string of the molecule is CCOC(=O)c1nnc(Oc2ccc(C)nc2)s1. The summed E-state index contributed by atoms with van der Waals surface area (Å²) in [5.41, 5.74) is 0.895. The molecule has 0 unspecified atom stereocenters. The van der Waals surface area contributed by atoms with Gasteiger partial charge in [0, 0.05) is 5.69 Å². The second kappa shape index (κ2) is 5.54. The molecule has 0 amide bonds. The Balaban J connectivity index is 2.06. The number of carbonyl (C=O) groups excluding carboxylic acids is 1. The maximum atomic E-state index is 11.4. The molecule has 0 radical (unpaired) electrons. The van der Waals surface area contributed by atoms with Crippen LogP contribution in [-0.4, -0.2) is 27.8 Å². The minimum absolute atomic E-state index is 0.173. The molecule has 0 aliphatic carbocycles. The molecule has 0 fully saturated rings. The summed E-state index contributed by atoms with van der Waals surface area (Å²) in [6, 6.07) is 3.59. The lowest BCUT2D eigenvalue weighted by Crippen LogP contribution is -2.03. The molecule has 0 aromatic carbocycles. The van der Waals surface area contributed by atoms with Crippen LogP contribution in [0.25, 0.3) is 0 Å². The lowest BCUT2D eigenvalue weighted by molar-refractivity contribution is 0.0525. The van der Waals surface area contributed by atoms with E-state index < -0.39 is 5.97 Å². The van der Waals surface area contributed by atoms with Crippen LogP contribution in [0.15, 0.2) is 18.3 Å². The van der Waals surface area contributed by atoms with E-state index >= 15 is 0 Å². The number of ether oxygens (including phenoxy) is 2. The Morgan fingerprint density at radius 3 is 2.89 bits per heavy atom. The summed E-state index contributed by atoms with van der Waals surface area (Å²) in [7, 11) is 0. The van der Waals surface area contributed by atoms with Crippen LogP contribution in [0.1, 0.15) is 22.4 Å². The van der Waals surface area contributed by atoms with E-state index in [1.54, 1.807) is 19.2 Å². The zero-order chi connectivity index (χ0) is 13.0.